The Morgan fingerprint density at radius 2 is 2.10 bits per heavy atom. The lowest BCUT2D eigenvalue weighted by molar-refractivity contribution is 0.405. The maximum Gasteiger partial charge on any atom is 0.243 e. The minimum absolute atomic E-state index is 0.0574. The average Bonchev–Trinajstić information content (AvgIpc) is 2.77. The van der Waals surface area contributed by atoms with Crippen LogP contribution in [0.25, 0.3) is 0 Å². The predicted molar refractivity (Wildman–Crippen MR) is 84.2 cm³/mol. The van der Waals surface area contributed by atoms with Gasteiger partial charge >= 0.3 is 0 Å². The minimum atomic E-state index is -3.42. The predicted octanol–water partition coefficient (Wildman–Crippen LogP) is 1.72. The third-order valence-electron chi connectivity index (χ3n) is 3.86. The molecule has 1 aliphatic rings. The smallest absolute Gasteiger partial charge is 0.243 e. The molecule has 21 heavy (non-hydrogen) atoms. The molecule has 0 amide bonds. The standard InChI is InChI=1S/C16H22N2O2S/c1-12-9-14(3)18(11-12)21(19,20)16-7-6-15(5-4-8-17)13(2)10-16/h6-7,10,12,14H,8-9,11,17H2,1-3H3. The third kappa shape index (κ3) is 3.29. The van der Waals surface area contributed by atoms with Gasteiger partial charge in [-0.25, -0.2) is 8.42 Å². The number of hydrogen-bond acceptors (Lipinski definition) is 3. The van der Waals surface area contributed by atoms with E-state index in [-0.39, 0.29) is 6.04 Å². The van der Waals surface area contributed by atoms with E-state index in [2.05, 4.69) is 18.8 Å². The van der Waals surface area contributed by atoms with Crippen molar-refractivity contribution < 1.29 is 8.42 Å². The Morgan fingerprint density at radius 3 is 2.62 bits per heavy atom. The Hall–Kier alpha value is -1.35. The molecule has 114 valence electrons. The van der Waals surface area contributed by atoms with E-state index in [0.717, 1.165) is 17.5 Å². The van der Waals surface area contributed by atoms with Gasteiger partial charge in [-0.1, -0.05) is 18.8 Å². The molecule has 4 nitrogen and oxygen atoms in total. The molecule has 0 spiro atoms. The highest BCUT2D eigenvalue weighted by Gasteiger charge is 2.36. The van der Waals surface area contributed by atoms with Gasteiger partial charge in [0.2, 0.25) is 10.0 Å². The topological polar surface area (TPSA) is 63.4 Å². The summed E-state index contributed by atoms with van der Waals surface area (Å²) in [6.45, 7) is 6.81. The van der Waals surface area contributed by atoms with Crippen LogP contribution in [0.1, 0.15) is 31.4 Å². The molecule has 0 saturated carbocycles. The van der Waals surface area contributed by atoms with Gasteiger partial charge in [0.05, 0.1) is 11.4 Å². The van der Waals surface area contributed by atoms with Crippen molar-refractivity contribution in [3.8, 4) is 11.8 Å². The maximum absolute atomic E-state index is 12.7. The summed E-state index contributed by atoms with van der Waals surface area (Å²) >= 11 is 0. The molecule has 1 aromatic carbocycles. The molecule has 0 aromatic heterocycles. The largest absolute Gasteiger partial charge is 0.320 e. The first-order valence-corrected chi connectivity index (χ1v) is 8.61. The van der Waals surface area contributed by atoms with Crippen molar-refractivity contribution in [1.82, 2.24) is 4.31 Å². The second kappa shape index (κ2) is 6.18. The molecule has 2 N–H and O–H groups in total. The van der Waals surface area contributed by atoms with Crippen LogP contribution in [0.5, 0.6) is 0 Å². The van der Waals surface area contributed by atoms with E-state index in [1.807, 2.05) is 13.8 Å². The van der Waals surface area contributed by atoms with Gasteiger partial charge in [-0.3, -0.25) is 0 Å². The SMILES string of the molecule is Cc1cc(S(=O)(=O)N2CC(C)CC2C)ccc1C#CCN. The van der Waals surface area contributed by atoms with Crippen LogP contribution in [0.3, 0.4) is 0 Å². The van der Waals surface area contributed by atoms with E-state index in [0.29, 0.717) is 23.9 Å². The first-order valence-electron chi connectivity index (χ1n) is 7.17. The summed E-state index contributed by atoms with van der Waals surface area (Å²) in [5.41, 5.74) is 7.04. The summed E-state index contributed by atoms with van der Waals surface area (Å²) in [6, 6.07) is 5.15. The van der Waals surface area contributed by atoms with Crippen LogP contribution in [-0.4, -0.2) is 31.9 Å². The molecule has 0 bridgehead atoms. The van der Waals surface area contributed by atoms with Crippen LogP contribution in [0, 0.1) is 24.7 Å². The molecule has 1 saturated heterocycles. The zero-order valence-corrected chi connectivity index (χ0v) is 13.6. The van der Waals surface area contributed by atoms with Gasteiger partial charge in [0.25, 0.3) is 0 Å². The summed E-state index contributed by atoms with van der Waals surface area (Å²) in [5, 5.41) is 0. The number of benzene rings is 1. The molecule has 1 aromatic rings. The van der Waals surface area contributed by atoms with E-state index in [1.54, 1.807) is 22.5 Å². The van der Waals surface area contributed by atoms with Gasteiger partial charge in [-0.15, -0.1) is 0 Å². The molecule has 5 heteroatoms. The Labute approximate surface area is 127 Å². The number of sulfonamides is 1. The van der Waals surface area contributed by atoms with E-state index in [4.69, 9.17) is 5.73 Å². The van der Waals surface area contributed by atoms with Crippen LogP contribution in [-0.2, 0) is 10.0 Å². The fourth-order valence-corrected chi connectivity index (χ4v) is 4.66. The quantitative estimate of drug-likeness (QED) is 0.846. The molecular formula is C16H22N2O2S. The van der Waals surface area contributed by atoms with Crippen LogP contribution < -0.4 is 5.73 Å². The van der Waals surface area contributed by atoms with Crippen LogP contribution >= 0.6 is 0 Å². The second-order valence-electron chi connectivity index (χ2n) is 5.75. The van der Waals surface area contributed by atoms with E-state index in [9.17, 15) is 8.42 Å². The van der Waals surface area contributed by atoms with Crippen LogP contribution in [0.15, 0.2) is 23.1 Å². The van der Waals surface area contributed by atoms with Gasteiger partial charge in [-0.05, 0) is 49.9 Å². The molecule has 1 fully saturated rings. The number of nitrogens with two attached hydrogens (primary N) is 1. The van der Waals surface area contributed by atoms with Crippen molar-refractivity contribution in [1.29, 1.82) is 0 Å². The molecule has 1 aliphatic heterocycles. The van der Waals surface area contributed by atoms with Gasteiger partial charge in [0, 0.05) is 18.2 Å². The lowest BCUT2D eigenvalue weighted by atomic mass is 10.1. The number of nitrogens with zero attached hydrogens (tertiary/aromatic N) is 1. The first kappa shape index (κ1) is 16.0. The highest BCUT2D eigenvalue weighted by Crippen LogP contribution is 2.29. The van der Waals surface area contributed by atoms with Crippen molar-refractivity contribution in [3.63, 3.8) is 0 Å². The summed E-state index contributed by atoms with van der Waals surface area (Å²) in [6.07, 6.45) is 0.915. The van der Waals surface area contributed by atoms with Crippen molar-refractivity contribution in [3.05, 3.63) is 29.3 Å². The fourth-order valence-electron chi connectivity index (χ4n) is 2.82. The number of rotatable bonds is 2. The lowest BCUT2D eigenvalue weighted by Crippen LogP contribution is -2.34. The molecule has 2 atom stereocenters. The number of aryl methyl sites for hydroxylation is 1. The summed E-state index contributed by atoms with van der Waals surface area (Å²) in [5.74, 6) is 6.15. The Kier molecular flexibility index (Phi) is 4.72. The monoisotopic (exact) mass is 306 g/mol. The van der Waals surface area contributed by atoms with Gasteiger partial charge in [0.15, 0.2) is 0 Å². The lowest BCUT2D eigenvalue weighted by Gasteiger charge is -2.21. The number of hydrogen-bond donors (Lipinski definition) is 1. The van der Waals surface area contributed by atoms with Crippen molar-refractivity contribution in [2.45, 2.75) is 38.1 Å². The zero-order valence-electron chi connectivity index (χ0n) is 12.8. The molecule has 2 unspecified atom stereocenters. The molecule has 0 radical (unpaired) electrons. The van der Waals surface area contributed by atoms with Gasteiger partial charge in [0.1, 0.15) is 0 Å². The Bertz CT molecular complexity index is 686. The first-order chi connectivity index (χ1) is 9.86. The van der Waals surface area contributed by atoms with E-state index < -0.39 is 10.0 Å². The molecular weight excluding hydrogens is 284 g/mol. The highest BCUT2D eigenvalue weighted by atomic mass is 32.2. The third-order valence-corrected chi connectivity index (χ3v) is 5.83. The normalized spacial score (nSPS) is 22.9. The Balaban J connectivity index is 2.35. The van der Waals surface area contributed by atoms with Crippen molar-refractivity contribution in [2.24, 2.45) is 11.7 Å². The maximum atomic E-state index is 12.7. The van der Waals surface area contributed by atoms with E-state index >= 15 is 0 Å². The molecule has 2 rings (SSSR count). The highest BCUT2D eigenvalue weighted by molar-refractivity contribution is 7.89. The summed E-state index contributed by atoms with van der Waals surface area (Å²) in [4.78, 5) is 0.347. The Morgan fingerprint density at radius 1 is 1.38 bits per heavy atom. The average molecular weight is 306 g/mol. The fraction of sp³-hybridized carbons (Fsp3) is 0.500. The summed E-state index contributed by atoms with van der Waals surface area (Å²) < 4.78 is 27.1. The second-order valence-corrected chi connectivity index (χ2v) is 7.64. The van der Waals surface area contributed by atoms with Crippen molar-refractivity contribution >= 4 is 10.0 Å². The van der Waals surface area contributed by atoms with Gasteiger partial charge in [-0.2, -0.15) is 4.31 Å². The van der Waals surface area contributed by atoms with E-state index in [1.165, 1.54) is 0 Å². The minimum Gasteiger partial charge on any atom is -0.320 e. The summed E-state index contributed by atoms with van der Waals surface area (Å²) in [7, 11) is -3.42. The van der Waals surface area contributed by atoms with Crippen LogP contribution in [0.2, 0.25) is 0 Å². The molecule has 0 aliphatic carbocycles. The van der Waals surface area contributed by atoms with Gasteiger partial charge < -0.3 is 5.73 Å². The van der Waals surface area contributed by atoms with Crippen LogP contribution in [0.4, 0.5) is 0 Å². The zero-order chi connectivity index (χ0) is 15.6. The molecule has 1 heterocycles. The van der Waals surface area contributed by atoms with Crippen molar-refractivity contribution in [2.75, 3.05) is 13.1 Å².